The molecule has 1 aromatic heterocycles. The van der Waals surface area contributed by atoms with Gasteiger partial charge < -0.3 is 5.32 Å². The van der Waals surface area contributed by atoms with Crippen LogP contribution < -0.4 is 5.32 Å². The van der Waals surface area contributed by atoms with E-state index >= 15 is 0 Å². The number of nitrogens with one attached hydrogen (secondary N) is 1. The summed E-state index contributed by atoms with van der Waals surface area (Å²) in [4.78, 5) is 2.51. The molecular formula is C17H24N4. The van der Waals surface area contributed by atoms with Gasteiger partial charge in [-0.05, 0) is 25.8 Å². The van der Waals surface area contributed by atoms with Gasteiger partial charge in [0.1, 0.15) is 0 Å². The van der Waals surface area contributed by atoms with Crippen LogP contribution in [0.15, 0.2) is 42.7 Å². The Bertz CT molecular complexity index is 561. The first-order valence-electron chi connectivity index (χ1n) is 7.77. The Hall–Kier alpha value is -1.81. The van der Waals surface area contributed by atoms with Crippen LogP contribution in [-0.4, -0.2) is 33.8 Å². The van der Waals surface area contributed by atoms with E-state index in [1.807, 2.05) is 10.9 Å². The van der Waals surface area contributed by atoms with Crippen molar-refractivity contribution in [3.8, 4) is 0 Å². The normalized spacial score (nSPS) is 19.3. The molecule has 0 spiro atoms. The highest BCUT2D eigenvalue weighted by molar-refractivity contribution is 5.39. The number of hydrogen-bond acceptors (Lipinski definition) is 3. The molecule has 4 heteroatoms. The van der Waals surface area contributed by atoms with Gasteiger partial charge in [-0.1, -0.05) is 30.3 Å². The lowest BCUT2D eigenvalue weighted by molar-refractivity contribution is 0.328. The van der Waals surface area contributed by atoms with Gasteiger partial charge in [-0.2, -0.15) is 5.10 Å². The van der Waals surface area contributed by atoms with E-state index in [4.69, 9.17) is 0 Å². The zero-order valence-corrected chi connectivity index (χ0v) is 12.9. The van der Waals surface area contributed by atoms with Crippen LogP contribution in [0.25, 0.3) is 0 Å². The molecule has 1 aliphatic heterocycles. The molecule has 1 fully saturated rings. The van der Waals surface area contributed by atoms with Gasteiger partial charge in [-0.15, -0.1) is 0 Å². The lowest BCUT2D eigenvalue weighted by Crippen LogP contribution is -2.25. The second kappa shape index (κ2) is 6.31. The van der Waals surface area contributed by atoms with Crippen molar-refractivity contribution >= 4 is 5.69 Å². The fourth-order valence-electron chi connectivity index (χ4n) is 2.87. The smallest absolute Gasteiger partial charge is 0.0729 e. The molecule has 0 saturated carbocycles. The maximum atomic E-state index is 4.39. The van der Waals surface area contributed by atoms with Gasteiger partial charge in [0.05, 0.1) is 11.9 Å². The Morgan fingerprint density at radius 3 is 2.81 bits per heavy atom. The van der Waals surface area contributed by atoms with Crippen molar-refractivity contribution in [2.24, 2.45) is 0 Å². The average Bonchev–Trinajstić information content (AvgIpc) is 3.10. The van der Waals surface area contributed by atoms with Gasteiger partial charge in [0.2, 0.25) is 0 Å². The summed E-state index contributed by atoms with van der Waals surface area (Å²) in [5.41, 5.74) is 2.53. The first-order chi connectivity index (χ1) is 10.2. The second-order valence-electron chi connectivity index (χ2n) is 6.15. The van der Waals surface area contributed by atoms with Crippen LogP contribution in [0, 0.1) is 0 Å². The minimum absolute atomic E-state index is 0.415. The maximum Gasteiger partial charge on any atom is 0.0729 e. The van der Waals surface area contributed by atoms with Crippen LogP contribution >= 0.6 is 0 Å². The van der Waals surface area contributed by atoms with Crippen LogP contribution in [0.1, 0.15) is 31.9 Å². The van der Waals surface area contributed by atoms with Crippen LogP contribution in [0.4, 0.5) is 5.69 Å². The molecule has 1 saturated heterocycles. The van der Waals surface area contributed by atoms with Crippen molar-refractivity contribution < 1.29 is 0 Å². The third-order valence-corrected chi connectivity index (χ3v) is 4.02. The van der Waals surface area contributed by atoms with Gasteiger partial charge in [0.25, 0.3) is 0 Å². The Kier molecular flexibility index (Phi) is 4.25. The molecule has 1 atom stereocenters. The van der Waals surface area contributed by atoms with Crippen molar-refractivity contribution in [2.45, 2.75) is 38.9 Å². The Labute approximate surface area is 126 Å². The molecule has 3 rings (SSSR count). The minimum Gasteiger partial charge on any atom is -0.378 e. The van der Waals surface area contributed by atoms with E-state index in [9.17, 15) is 0 Å². The zero-order valence-electron chi connectivity index (χ0n) is 12.9. The van der Waals surface area contributed by atoms with Gasteiger partial charge in [0.15, 0.2) is 0 Å². The summed E-state index contributed by atoms with van der Waals surface area (Å²) in [6.07, 6.45) is 5.23. The van der Waals surface area contributed by atoms with Crippen molar-refractivity contribution in [3.63, 3.8) is 0 Å². The molecule has 1 N–H and O–H groups in total. The van der Waals surface area contributed by atoms with E-state index in [0.29, 0.717) is 12.1 Å². The lowest BCUT2D eigenvalue weighted by Gasteiger charge is -2.16. The van der Waals surface area contributed by atoms with E-state index < -0.39 is 0 Å². The summed E-state index contributed by atoms with van der Waals surface area (Å²) in [7, 11) is 0. The van der Waals surface area contributed by atoms with E-state index in [1.165, 1.54) is 12.0 Å². The van der Waals surface area contributed by atoms with Gasteiger partial charge in [-0.25, -0.2) is 0 Å². The maximum absolute atomic E-state index is 4.39. The molecule has 0 bridgehead atoms. The van der Waals surface area contributed by atoms with Crippen LogP contribution in [-0.2, 0) is 6.54 Å². The monoisotopic (exact) mass is 284 g/mol. The number of nitrogens with zero attached hydrogens (tertiary/aromatic N) is 3. The highest BCUT2D eigenvalue weighted by Gasteiger charge is 2.22. The van der Waals surface area contributed by atoms with Crippen molar-refractivity contribution in [3.05, 3.63) is 48.3 Å². The van der Waals surface area contributed by atoms with E-state index in [2.05, 4.69) is 65.7 Å². The van der Waals surface area contributed by atoms with Crippen LogP contribution in [0.3, 0.4) is 0 Å². The summed E-state index contributed by atoms with van der Waals surface area (Å²) in [5, 5.41) is 7.99. The standard InChI is InChI=1S/C17H24N4/c1-14(2)21-13-17(10-18-21)19-16-8-9-20(12-16)11-15-6-4-3-5-7-15/h3-7,10,13-14,16,19H,8-9,11-12H2,1-2H3. The molecule has 2 aromatic rings. The molecule has 4 nitrogen and oxygen atoms in total. The number of rotatable bonds is 5. The Morgan fingerprint density at radius 2 is 2.10 bits per heavy atom. The molecule has 0 aliphatic carbocycles. The largest absolute Gasteiger partial charge is 0.378 e. The molecule has 1 aliphatic rings. The van der Waals surface area contributed by atoms with E-state index in [-0.39, 0.29) is 0 Å². The quantitative estimate of drug-likeness (QED) is 0.915. The van der Waals surface area contributed by atoms with Crippen LogP contribution in [0.2, 0.25) is 0 Å². The van der Waals surface area contributed by atoms with Crippen molar-refractivity contribution in [1.82, 2.24) is 14.7 Å². The molecule has 0 amide bonds. The minimum atomic E-state index is 0.415. The average molecular weight is 284 g/mol. The Balaban J connectivity index is 1.52. The lowest BCUT2D eigenvalue weighted by atomic mass is 10.2. The molecule has 112 valence electrons. The first kappa shape index (κ1) is 14.1. The number of hydrogen-bond donors (Lipinski definition) is 1. The van der Waals surface area contributed by atoms with E-state index in [0.717, 1.165) is 25.3 Å². The van der Waals surface area contributed by atoms with E-state index in [1.54, 1.807) is 0 Å². The summed E-state index contributed by atoms with van der Waals surface area (Å²) in [5.74, 6) is 0. The summed E-state index contributed by atoms with van der Waals surface area (Å²) >= 11 is 0. The number of aromatic nitrogens is 2. The summed E-state index contributed by atoms with van der Waals surface area (Å²) in [6.45, 7) is 7.60. The number of benzene rings is 1. The van der Waals surface area contributed by atoms with Crippen LogP contribution in [0.5, 0.6) is 0 Å². The predicted octanol–water partition coefficient (Wildman–Crippen LogP) is 3.15. The fourth-order valence-corrected chi connectivity index (χ4v) is 2.87. The third-order valence-electron chi connectivity index (χ3n) is 4.02. The molecule has 21 heavy (non-hydrogen) atoms. The van der Waals surface area contributed by atoms with Gasteiger partial charge in [0, 0.05) is 37.9 Å². The molecule has 1 aromatic carbocycles. The molecule has 0 radical (unpaired) electrons. The number of likely N-dealkylation sites (tertiary alicyclic amines) is 1. The summed E-state index contributed by atoms with van der Waals surface area (Å²) < 4.78 is 2.00. The van der Waals surface area contributed by atoms with Gasteiger partial charge in [-0.3, -0.25) is 9.58 Å². The SMILES string of the molecule is CC(C)n1cc(NC2CCN(Cc3ccccc3)C2)cn1. The van der Waals surface area contributed by atoms with Crippen molar-refractivity contribution in [2.75, 3.05) is 18.4 Å². The fraction of sp³-hybridized carbons (Fsp3) is 0.471. The highest BCUT2D eigenvalue weighted by atomic mass is 15.3. The second-order valence-corrected chi connectivity index (χ2v) is 6.15. The summed E-state index contributed by atoms with van der Waals surface area (Å²) in [6, 6.07) is 11.6. The number of anilines is 1. The van der Waals surface area contributed by atoms with Gasteiger partial charge >= 0.3 is 0 Å². The third kappa shape index (κ3) is 3.64. The predicted molar refractivity (Wildman–Crippen MR) is 86.4 cm³/mol. The van der Waals surface area contributed by atoms with Crippen molar-refractivity contribution in [1.29, 1.82) is 0 Å². The highest BCUT2D eigenvalue weighted by Crippen LogP contribution is 2.18. The first-order valence-corrected chi connectivity index (χ1v) is 7.77. The molecule has 2 heterocycles. The molecular weight excluding hydrogens is 260 g/mol. The molecule has 1 unspecified atom stereocenters. The zero-order chi connectivity index (χ0) is 14.7. The topological polar surface area (TPSA) is 33.1 Å². The Morgan fingerprint density at radius 1 is 1.29 bits per heavy atom.